The van der Waals surface area contributed by atoms with Crippen molar-refractivity contribution in [1.82, 2.24) is 13.7 Å². The van der Waals surface area contributed by atoms with E-state index < -0.39 is 0 Å². The van der Waals surface area contributed by atoms with Gasteiger partial charge in [-0.1, -0.05) is 49.1 Å². The van der Waals surface area contributed by atoms with Crippen LogP contribution in [0.3, 0.4) is 0 Å². The van der Waals surface area contributed by atoms with Gasteiger partial charge in [-0.15, -0.1) is 0 Å². The van der Waals surface area contributed by atoms with Crippen molar-refractivity contribution in [3.05, 3.63) is 111 Å². The molecule has 0 aliphatic carbocycles. The van der Waals surface area contributed by atoms with Gasteiger partial charge >= 0.3 is 5.69 Å². The van der Waals surface area contributed by atoms with Crippen molar-refractivity contribution in [2.24, 2.45) is 7.05 Å². The molecule has 0 amide bonds. The van der Waals surface area contributed by atoms with Gasteiger partial charge in [0.25, 0.3) is 5.56 Å². The normalized spacial score (nSPS) is 11.3. The minimum Gasteiger partial charge on any atom is -0.497 e. The number of fused-ring (bicyclic) bond motifs is 3. The predicted molar refractivity (Wildman–Crippen MR) is 137 cm³/mol. The average Bonchev–Trinajstić information content (AvgIpc) is 3.14. The largest absolute Gasteiger partial charge is 0.497 e. The number of ether oxygens (including phenoxy) is 1. The lowest BCUT2D eigenvalue weighted by molar-refractivity contribution is 0.415. The van der Waals surface area contributed by atoms with Gasteiger partial charge in [-0.25, -0.2) is 9.36 Å². The number of rotatable bonds is 5. The molecular weight excluding hydrogens is 426 g/mol. The lowest BCUT2D eigenvalue weighted by atomic mass is 10.1. The third-order valence-corrected chi connectivity index (χ3v) is 6.29. The molecule has 170 valence electrons. The third-order valence-electron chi connectivity index (χ3n) is 6.29. The van der Waals surface area contributed by atoms with Crippen LogP contribution in [0, 0.1) is 6.92 Å². The average molecular weight is 452 g/mol. The first-order valence-electron chi connectivity index (χ1n) is 11.0. The van der Waals surface area contributed by atoms with Crippen molar-refractivity contribution in [2.45, 2.75) is 13.5 Å². The number of aromatic nitrogens is 3. The van der Waals surface area contributed by atoms with Crippen LogP contribution >= 0.6 is 0 Å². The molecule has 0 bridgehead atoms. The van der Waals surface area contributed by atoms with E-state index >= 15 is 0 Å². The fourth-order valence-corrected chi connectivity index (χ4v) is 4.54. The van der Waals surface area contributed by atoms with Gasteiger partial charge in [-0.05, 0) is 53.9 Å². The summed E-state index contributed by atoms with van der Waals surface area (Å²) in [6.45, 7) is 6.06. The van der Waals surface area contributed by atoms with Crippen LogP contribution in [-0.4, -0.2) is 20.8 Å². The smallest absolute Gasteiger partial charge is 0.336 e. The Morgan fingerprint density at radius 1 is 0.971 bits per heavy atom. The van der Waals surface area contributed by atoms with Crippen LogP contribution in [0.4, 0.5) is 0 Å². The summed E-state index contributed by atoms with van der Waals surface area (Å²) in [5, 5.41) is 0.796. The summed E-state index contributed by atoms with van der Waals surface area (Å²) in [4.78, 5) is 27.7. The highest BCUT2D eigenvalue weighted by atomic mass is 16.5. The summed E-state index contributed by atoms with van der Waals surface area (Å²) in [6.07, 6.45) is 1.78. The van der Waals surface area contributed by atoms with E-state index in [4.69, 9.17) is 4.74 Å². The Hall–Kier alpha value is -4.32. The number of hydrogen-bond acceptors (Lipinski definition) is 3. The summed E-state index contributed by atoms with van der Waals surface area (Å²) in [7, 11) is 3.46. The first kappa shape index (κ1) is 21.5. The maximum atomic E-state index is 13.9. The van der Waals surface area contributed by atoms with Crippen LogP contribution < -0.4 is 16.0 Å². The fraction of sp³-hybridized carbons (Fsp3) is 0.143. The van der Waals surface area contributed by atoms with E-state index in [1.54, 1.807) is 23.8 Å². The van der Waals surface area contributed by atoms with Crippen molar-refractivity contribution >= 4 is 28.0 Å². The van der Waals surface area contributed by atoms with Crippen molar-refractivity contribution in [1.29, 1.82) is 0 Å². The number of nitrogens with zero attached hydrogens (tertiary/aromatic N) is 3. The number of benzene rings is 3. The molecule has 2 aromatic heterocycles. The molecule has 0 saturated carbocycles. The van der Waals surface area contributed by atoms with Crippen molar-refractivity contribution in [3.63, 3.8) is 0 Å². The molecule has 0 radical (unpaired) electrons. The van der Waals surface area contributed by atoms with Crippen LogP contribution in [0.25, 0.3) is 33.7 Å². The first-order chi connectivity index (χ1) is 16.4. The third kappa shape index (κ3) is 3.35. The topological polar surface area (TPSA) is 58.2 Å². The molecule has 0 saturated heterocycles. The van der Waals surface area contributed by atoms with E-state index in [0.717, 1.165) is 27.6 Å². The molecule has 6 nitrogen and oxygen atoms in total. The Bertz CT molecular complexity index is 1690. The van der Waals surface area contributed by atoms with Gasteiger partial charge < -0.3 is 9.30 Å². The van der Waals surface area contributed by atoms with E-state index in [9.17, 15) is 9.59 Å². The maximum absolute atomic E-state index is 13.9. The van der Waals surface area contributed by atoms with Crippen LogP contribution in [-0.2, 0) is 13.6 Å². The number of methoxy groups -OCH3 is 1. The lowest BCUT2D eigenvalue weighted by Gasteiger charge is -2.14. The number of hydrogen-bond donors (Lipinski definition) is 0. The zero-order chi connectivity index (χ0) is 24.0. The highest BCUT2D eigenvalue weighted by Gasteiger charge is 2.21. The standard InChI is InChI=1S/C28H25N3O3/c1-5-19-9-11-20(12-10-19)17-30-25-23-16-22(34-4)13-14-24(23)29(3)26(25)27(32)31(28(30)33)21-8-6-7-18(2)15-21/h5-16H,1,17H2,2-4H3. The van der Waals surface area contributed by atoms with Gasteiger partial charge in [0.1, 0.15) is 11.3 Å². The number of aryl methyl sites for hydroxylation is 2. The molecule has 0 N–H and O–H groups in total. The van der Waals surface area contributed by atoms with Crippen molar-refractivity contribution in [3.8, 4) is 11.4 Å². The van der Waals surface area contributed by atoms with Crippen LogP contribution in [0.1, 0.15) is 16.7 Å². The Morgan fingerprint density at radius 3 is 2.41 bits per heavy atom. The highest BCUT2D eigenvalue weighted by molar-refractivity contribution is 6.06. The Balaban J connectivity index is 1.91. The highest BCUT2D eigenvalue weighted by Crippen LogP contribution is 2.29. The summed E-state index contributed by atoms with van der Waals surface area (Å²) in [5.74, 6) is 0.664. The maximum Gasteiger partial charge on any atom is 0.336 e. The predicted octanol–water partition coefficient (Wildman–Crippen LogP) is 4.65. The fourth-order valence-electron chi connectivity index (χ4n) is 4.54. The van der Waals surface area contributed by atoms with Gasteiger partial charge in [0.2, 0.25) is 0 Å². The van der Waals surface area contributed by atoms with Crippen LogP contribution in [0.5, 0.6) is 5.75 Å². The van der Waals surface area contributed by atoms with Gasteiger partial charge in [0, 0.05) is 12.4 Å². The molecule has 5 aromatic rings. The first-order valence-corrected chi connectivity index (χ1v) is 11.0. The minimum atomic E-state index is -0.383. The zero-order valence-corrected chi connectivity index (χ0v) is 19.4. The van der Waals surface area contributed by atoms with E-state index in [0.29, 0.717) is 29.0 Å². The monoisotopic (exact) mass is 451 g/mol. The van der Waals surface area contributed by atoms with E-state index in [2.05, 4.69) is 6.58 Å². The molecule has 34 heavy (non-hydrogen) atoms. The molecule has 5 rings (SSSR count). The molecule has 0 atom stereocenters. The second-order valence-corrected chi connectivity index (χ2v) is 8.43. The Labute approximate surface area is 196 Å². The van der Waals surface area contributed by atoms with Crippen LogP contribution in [0.15, 0.2) is 82.9 Å². The summed E-state index contributed by atoms with van der Waals surface area (Å²) in [5.41, 5.74) is 4.66. The minimum absolute atomic E-state index is 0.315. The molecule has 0 spiro atoms. The van der Waals surface area contributed by atoms with Crippen LogP contribution in [0.2, 0.25) is 0 Å². The summed E-state index contributed by atoms with van der Waals surface area (Å²) in [6, 6.07) is 21.0. The molecule has 0 fully saturated rings. The SMILES string of the molecule is C=Cc1ccc(Cn2c(=O)n(-c3cccc(C)c3)c(=O)c3c2c2cc(OC)ccc2n3C)cc1. The second-order valence-electron chi connectivity index (χ2n) is 8.43. The second kappa shape index (κ2) is 8.23. The quantitative estimate of drug-likeness (QED) is 0.391. The lowest BCUT2D eigenvalue weighted by Crippen LogP contribution is -2.39. The van der Waals surface area contributed by atoms with Gasteiger partial charge in [0.15, 0.2) is 0 Å². The summed E-state index contributed by atoms with van der Waals surface area (Å²) >= 11 is 0. The van der Waals surface area contributed by atoms with E-state index in [1.165, 1.54) is 4.57 Å². The Morgan fingerprint density at radius 2 is 1.74 bits per heavy atom. The molecule has 0 unspecified atom stereocenters. The Kier molecular flexibility index (Phi) is 5.21. The molecule has 0 aliphatic rings. The van der Waals surface area contributed by atoms with Gasteiger partial charge in [0.05, 0.1) is 30.4 Å². The van der Waals surface area contributed by atoms with E-state index in [-0.39, 0.29) is 11.2 Å². The molecular formula is C28H25N3O3. The molecule has 6 heteroatoms. The molecule has 2 heterocycles. The van der Waals surface area contributed by atoms with Crippen molar-refractivity contribution < 1.29 is 4.74 Å². The van der Waals surface area contributed by atoms with Gasteiger partial charge in [-0.3, -0.25) is 9.36 Å². The van der Waals surface area contributed by atoms with E-state index in [1.807, 2.05) is 79.2 Å². The van der Waals surface area contributed by atoms with Gasteiger partial charge in [-0.2, -0.15) is 0 Å². The van der Waals surface area contributed by atoms with Crippen molar-refractivity contribution in [2.75, 3.05) is 7.11 Å². The zero-order valence-electron chi connectivity index (χ0n) is 19.4. The summed E-state index contributed by atoms with van der Waals surface area (Å²) < 4.78 is 10.2. The molecule has 3 aromatic carbocycles. The molecule has 0 aliphatic heterocycles.